The number of hydrogen-bond acceptors (Lipinski definition) is 2. The van der Waals surface area contributed by atoms with Crippen LogP contribution in [-0.2, 0) is 4.79 Å². The minimum atomic E-state index is -0.585. The highest BCUT2D eigenvalue weighted by molar-refractivity contribution is 9.09. The monoisotopic (exact) mass is 232 g/mol. The predicted molar refractivity (Wildman–Crippen MR) is 45.8 cm³/mol. The highest BCUT2D eigenvalue weighted by Crippen LogP contribution is 2.28. The SMILES string of the molecule is O=CC(Br)c1ccc(F)cc1O. The zero-order valence-electron chi connectivity index (χ0n) is 6.00. The first kappa shape index (κ1) is 9.19. The van der Waals surface area contributed by atoms with Crippen molar-refractivity contribution in [2.45, 2.75) is 4.83 Å². The van der Waals surface area contributed by atoms with Crippen LogP contribution in [0.1, 0.15) is 10.4 Å². The third-order valence-electron chi connectivity index (χ3n) is 1.41. The van der Waals surface area contributed by atoms with Gasteiger partial charge in [-0.1, -0.05) is 22.0 Å². The number of phenols is 1. The Morgan fingerprint density at radius 2 is 2.25 bits per heavy atom. The standard InChI is InChI=1S/C8H6BrFO2/c9-7(4-11)6-2-1-5(10)3-8(6)12/h1-4,7,12H. The molecule has 1 aromatic carbocycles. The molecule has 0 aliphatic carbocycles. The summed E-state index contributed by atoms with van der Waals surface area (Å²) in [6.45, 7) is 0. The molecule has 1 aromatic rings. The lowest BCUT2D eigenvalue weighted by Crippen LogP contribution is -1.91. The summed E-state index contributed by atoms with van der Waals surface area (Å²) >= 11 is 3.01. The topological polar surface area (TPSA) is 37.3 Å². The maximum absolute atomic E-state index is 12.5. The van der Waals surface area contributed by atoms with E-state index in [0.29, 0.717) is 11.8 Å². The van der Waals surface area contributed by atoms with E-state index in [1.807, 2.05) is 0 Å². The molecule has 0 bridgehead atoms. The molecule has 2 nitrogen and oxygen atoms in total. The lowest BCUT2D eigenvalue weighted by atomic mass is 10.1. The second-order valence-electron chi connectivity index (χ2n) is 2.24. The Balaban J connectivity index is 3.09. The van der Waals surface area contributed by atoms with Crippen LogP contribution in [-0.4, -0.2) is 11.4 Å². The second kappa shape index (κ2) is 3.67. The minimum absolute atomic E-state index is 0.219. The Morgan fingerprint density at radius 3 is 2.75 bits per heavy atom. The average Bonchev–Trinajstić information content (AvgIpc) is 2.03. The minimum Gasteiger partial charge on any atom is -0.508 e. The Morgan fingerprint density at radius 1 is 1.58 bits per heavy atom. The van der Waals surface area contributed by atoms with Gasteiger partial charge in [-0.2, -0.15) is 0 Å². The van der Waals surface area contributed by atoms with Crippen LogP contribution in [0, 0.1) is 5.82 Å². The molecule has 0 aromatic heterocycles. The molecule has 1 rings (SSSR count). The van der Waals surface area contributed by atoms with Crippen LogP contribution in [0.4, 0.5) is 4.39 Å². The number of alkyl halides is 1. The molecule has 1 atom stereocenters. The Labute approximate surface area is 77.2 Å². The molecule has 12 heavy (non-hydrogen) atoms. The van der Waals surface area contributed by atoms with Crippen molar-refractivity contribution in [2.75, 3.05) is 0 Å². The van der Waals surface area contributed by atoms with Gasteiger partial charge in [0.05, 0.1) is 4.83 Å². The van der Waals surface area contributed by atoms with E-state index in [1.54, 1.807) is 0 Å². The van der Waals surface area contributed by atoms with Gasteiger partial charge >= 0.3 is 0 Å². The molecule has 0 amide bonds. The van der Waals surface area contributed by atoms with Crippen molar-refractivity contribution in [2.24, 2.45) is 0 Å². The quantitative estimate of drug-likeness (QED) is 0.627. The largest absolute Gasteiger partial charge is 0.508 e. The number of aromatic hydroxyl groups is 1. The fraction of sp³-hybridized carbons (Fsp3) is 0.125. The molecule has 0 saturated carbocycles. The second-order valence-corrected chi connectivity index (χ2v) is 3.23. The number of phenolic OH excluding ortho intramolecular Hbond substituents is 1. The van der Waals surface area contributed by atoms with Crippen molar-refractivity contribution in [3.8, 4) is 5.75 Å². The average molecular weight is 233 g/mol. The summed E-state index contributed by atoms with van der Waals surface area (Å²) in [7, 11) is 0. The summed E-state index contributed by atoms with van der Waals surface area (Å²) in [4.78, 5) is 9.71. The molecule has 64 valence electrons. The first-order chi connectivity index (χ1) is 5.65. The molecule has 0 fully saturated rings. The van der Waals surface area contributed by atoms with Gasteiger partial charge in [0.2, 0.25) is 0 Å². The predicted octanol–water partition coefficient (Wildman–Crippen LogP) is 2.17. The molecular formula is C8H6BrFO2. The van der Waals surface area contributed by atoms with Gasteiger partial charge in [0.25, 0.3) is 0 Å². The summed E-state index contributed by atoms with van der Waals surface area (Å²) in [6.07, 6.45) is 0.618. The van der Waals surface area contributed by atoms with E-state index in [4.69, 9.17) is 5.11 Å². The van der Waals surface area contributed by atoms with Gasteiger partial charge in [0, 0.05) is 11.6 Å². The van der Waals surface area contributed by atoms with Crippen LogP contribution >= 0.6 is 15.9 Å². The van der Waals surface area contributed by atoms with Crippen molar-refractivity contribution in [1.82, 2.24) is 0 Å². The zero-order valence-corrected chi connectivity index (χ0v) is 7.58. The molecule has 0 aliphatic rings. The highest BCUT2D eigenvalue weighted by Gasteiger charge is 2.10. The zero-order chi connectivity index (χ0) is 9.14. The Bertz CT molecular complexity index is 301. The van der Waals surface area contributed by atoms with Crippen LogP contribution in [0.5, 0.6) is 5.75 Å². The van der Waals surface area contributed by atoms with Crippen molar-refractivity contribution >= 4 is 22.2 Å². The molecule has 1 N–H and O–H groups in total. The first-order valence-electron chi connectivity index (χ1n) is 3.23. The molecule has 4 heteroatoms. The summed E-state index contributed by atoms with van der Waals surface area (Å²) < 4.78 is 12.5. The number of aldehydes is 1. The maximum atomic E-state index is 12.5. The van der Waals surface area contributed by atoms with E-state index in [2.05, 4.69) is 15.9 Å². The fourth-order valence-corrected chi connectivity index (χ4v) is 1.21. The third-order valence-corrected chi connectivity index (χ3v) is 2.12. The normalized spacial score (nSPS) is 12.5. The summed E-state index contributed by atoms with van der Waals surface area (Å²) in [5.74, 6) is -0.745. The number of benzene rings is 1. The van der Waals surface area contributed by atoms with Crippen LogP contribution < -0.4 is 0 Å². The molecule has 0 radical (unpaired) electrons. The van der Waals surface area contributed by atoms with Crippen molar-refractivity contribution in [3.63, 3.8) is 0 Å². The van der Waals surface area contributed by atoms with E-state index in [1.165, 1.54) is 12.1 Å². The van der Waals surface area contributed by atoms with Gasteiger partial charge < -0.3 is 9.90 Å². The lowest BCUT2D eigenvalue weighted by molar-refractivity contribution is -0.107. The smallest absolute Gasteiger partial charge is 0.138 e. The van der Waals surface area contributed by atoms with Crippen molar-refractivity contribution in [1.29, 1.82) is 0 Å². The molecule has 0 saturated heterocycles. The number of rotatable bonds is 2. The lowest BCUT2D eigenvalue weighted by Gasteiger charge is -2.04. The summed E-state index contributed by atoms with van der Waals surface area (Å²) in [5, 5.41) is 9.16. The number of carbonyl (C=O) groups is 1. The molecule has 0 spiro atoms. The van der Waals surface area contributed by atoms with Crippen LogP contribution in [0.3, 0.4) is 0 Å². The van der Waals surface area contributed by atoms with Crippen LogP contribution in [0.15, 0.2) is 18.2 Å². The van der Waals surface area contributed by atoms with Gasteiger partial charge in [-0.25, -0.2) is 4.39 Å². The van der Waals surface area contributed by atoms with E-state index < -0.39 is 10.6 Å². The van der Waals surface area contributed by atoms with Gasteiger partial charge in [0.1, 0.15) is 17.9 Å². The fourth-order valence-electron chi connectivity index (χ4n) is 0.823. The van der Waals surface area contributed by atoms with E-state index in [-0.39, 0.29) is 5.75 Å². The van der Waals surface area contributed by atoms with E-state index in [0.717, 1.165) is 6.07 Å². The van der Waals surface area contributed by atoms with Gasteiger partial charge in [-0.3, -0.25) is 0 Å². The van der Waals surface area contributed by atoms with Gasteiger partial charge in [-0.15, -0.1) is 0 Å². The first-order valence-corrected chi connectivity index (χ1v) is 4.14. The molecule has 0 heterocycles. The summed E-state index contributed by atoms with van der Waals surface area (Å²) in [5.41, 5.74) is 0.367. The number of carbonyl (C=O) groups excluding carboxylic acids is 1. The Hall–Kier alpha value is -0.900. The van der Waals surface area contributed by atoms with Crippen molar-refractivity contribution < 1.29 is 14.3 Å². The third kappa shape index (κ3) is 1.82. The van der Waals surface area contributed by atoms with E-state index in [9.17, 15) is 9.18 Å². The van der Waals surface area contributed by atoms with Crippen LogP contribution in [0.2, 0.25) is 0 Å². The van der Waals surface area contributed by atoms with Gasteiger partial charge in [0.15, 0.2) is 0 Å². The van der Waals surface area contributed by atoms with Gasteiger partial charge in [-0.05, 0) is 6.07 Å². The number of halogens is 2. The number of hydrogen-bond donors (Lipinski definition) is 1. The van der Waals surface area contributed by atoms with E-state index >= 15 is 0 Å². The Kier molecular flexibility index (Phi) is 2.81. The summed E-state index contributed by atoms with van der Waals surface area (Å²) in [6, 6.07) is 3.51. The maximum Gasteiger partial charge on any atom is 0.138 e. The molecule has 0 aliphatic heterocycles. The molecule has 1 unspecified atom stereocenters. The molecular weight excluding hydrogens is 227 g/mol. The van der Waals surface area contributed by atoms with Crippen LogP contribution in [0.25, 0.3) is 0 Å². The highest BCUT2D eigenvalue weighted by atomic mass is 79.9. The van der Waals surface area contributed by atoms with Crippen molar-refractivity contribution in [3.05, 3.63) is 29.6 Å².